The molecule has 2 aromatic heterocycles. The van der Waals surface area contributed by atoms with Gasteiger partial charge in [0.05, 0.1) is 11.9 Å². The van der Waals surface area contributed by atoms with Gasteiger partial charge in [0, 0.05) is 31.1 Å². The lowest BCUT2D eigenvalue weighted by atomic mass is 9.60. The third-order valence-corrected chi connectivity index (χ3v) is 6.64. The average Bonchev–Trinajstić information content (AvgIpc) is 2.83. The number of aromatic nitrogens is 3. The predicted molar refractivity (Wildman–Crippen MR) is 102 cm³/mol. The minimum absolute atomic E-state index is 0.174. The summed E-state index contributed by atoms with van der Waals surface area (Å²) in [5.41, 5.74) is 2.47. The summed E-state index contributed by atoms with van der Waals surface area (Å²) in [4.78, 5) is 6.83. The van der Waals surface area contributed by atoms with Crippen molar-refractivity contribution in [1.82, 2.24) is 18.9 Å². The van der Waals surface area contributed by atoms with Gasteiger partial charge in [-0.1, -0.05) is 24.9 Å². The lowest BCUT2D eigenvalue weighted by Gasteiger charge is -2.60. The number of hydrogen-bond acceptors (Lipinski definition) is 4. The second-order valence-electron chi connectivity index (χ2n) is 7.51. The van der Waals surface area contributed by atoms with E-state index in [0.29, 0.717) is 16.6 Å². The van der Waals surface area contributed by atoms with E-state index in [9.17, 15) is 4.21 Å². The Morgan fingerprint density at radius 1 is 1.44 bits per heavy atom. The van der Waals surface area contributed by atoms with Gasteiger partial charge in [0.2, 0.25) is 0 Å². The molecule has 136 valence electrons. The average molecular weight is 382 g/mol. The topological polar surface area (TPSA) is 53.7 Å². The van der Waals surface area contributed by atoms with Gasteiger partial charge in [-0.25, -0.2) is 18.0 Å². The summed E-state index contributed by atoms with van der Waals surface area (Å²) in [6.07, 6.45) is 6.08. The summed E-state index contributed by atoms with van der Waals surface area (Å²) in [5.74, 6) is 0.971. The number of anilines is 1. The minimum atomic E-state index is 0.174. The van der Waals surface area contributed by atoms with Crippen molar-refractivity contribution < 1.29 is 4.21 Å². The maximum atomic E-state index is 11.4. The molecule has 2 fully saturated rings. The van der Waals surface area contributed by atoms with Crippen LogP contribution in [-0.4, -0.2) is 48.8 Å². The monoisotopic (exact) mass is 381 g/mol. The maximum absolute atomic E-state index is 11.4. The van der Waals surface area contributed by atoms with E-state index in [1.807, 2.05) is 13.0 Å². The van der Waals surface area contributed by atoms with Crippen molar-refractivity contribution in [3.8, 4) is 0 Å². The number of thiol groups is 1. The van der Waals surface area contributed by atoms with Crippen molar-refractivity contribution in [1.29, 1.82) is 0 Å². The van der Waals surface area contributed by atoms with E-state index in [0.717, 1.165) is 62.2 Å². The SMILES string of the molecule is CCCCN([SH]=O)C1CC2(C1)CN(c1ncnn3c(Cl)cc(C)c13)C2. The summed E-state index contributed by atoms with van der Waals surface area (Å²) in [5, 5.41) is 4.87. The molecule has 3 heterocycles. The fourth-order valence-corrected chi connectivity index (χ4v) is 5.13. The van der Waals surface area contributed by atoms with Crippen molar-refractivity contribution in [2.24, 2.45) is 5.41 Å². The minimum Gasteiger partial charge on any atom is -0.354 e. The van der Waals surface area contributed by atoms with E-state index in [1.165, 1.54) is 0 Å². The quantitative estimate of drug-likeness (QED) is 0.781. The number of rotatable bonds is 6. The highest BCUT2D eigenvalue weighted by Gasteiger charge is 2.54. The summed E-state index contributed by atoms with van der Waals surface area (Å²) >= 11 is 6.41. The molecule has 25 heavy (non-hydrogen) atoms. The van der Waals surface area contributed by atoms with Crippen molar-refractivity contribution in [2.75, 3.05) is 24.5 Å². The van der Waals surface area contributed by atoms with Crippen LogP contribution in [-0.2, 0) is 11.9 Å². The Kier molecular flexibility index (Phi) is 4.50. The first kappa shape index (κ1) is 17.2. The molecule has 6 nitrogen and oxygen atoms in total. The Bertz CT molecular complexity index is 796. The Labute approximate surface area is 156 Å². The molecule has 0 unspecified atom stereocenters. The third kappa shape index (κ3) is 2.86. The van der Waals surface area contributed by atoms with Gasteiger partial charge in [-0.2, -0.15) is 5.10 Å². The van der Waals surface area contributed by atoms with Crippen LogP contribution >= 0.6 is 11.6 Å². The van der Waals surface area contributed by atoms with Crippen LogP contribution in [0.4, 0.5) is 5.82 Å². The second-order valence-corrected chi connectivity index (χ2v) is 8.57. The van der Waals surface area contributed by atoms with Crippen LogP contribution in [0.25, 0.3) is 5.52 Å². The largest absolute Gasteiger partial charge is 0.354 e. The molecule has 0 N–H and O–H groups in total. The number of unbranched alkanes of at least 4 members (excludes halogenated alkanes) is 1. The molecule has 0 amide bonds. The molecule has 1 saturated carbocycles. The number of halogens is 1. The van der Waals surface area contributed by atoms with Gasteiger partial charge in [0.25, 0.3) is 0 Å². The van der Waals surface area contributed by atoms with Gasteiger partial charge in [-0.05, 0) is 37.8 Å². The molecule has 4 rings (SSSR count). The van der Waals surface area contributed by atoms with Crippen LogP contribution in [0, 0.1) is 12.3 Å². The molecular weight excluding hydrogens is 358 g/mol. The first-order valence-corrected chi connectivity index (χ1v) is 10.0. The zero-order valence-electron chi connectivity index (χ0n) is 14.7. The number of aryl methyl sites for hydroxylation is 1. The molecule has 0 aromatic carbocycles. The van der Waals surface area contributed by atoms with Gasteiger partial charge in [0.1, 0.15) is 17.0 Å². The molecule has 0 bridgehead atoms. The van der Waals surface area contributed by atoms with Gasteiger partial charge in [-0.3, -0.25) is 0 Å². The highest BCUT2D eigenvalue weighted by Crippen LogP contribution is 2.51. The van der Waals surface area contributed by atoms with Gasteiger partial charge < -0.3 is 4.90 Å². The molecular formula is C17H24ClN5OS. The van der Waals surface area contributed by atoms with Crippen molar-refractivity contribution in [3.63, 3.8) is 0 Å². The second kappa shape index (κ2) is 6.52. The Balaban J connectivity index is 1.43. The molecule has 1 spiro atoms. The zero-order valence-corrected chi connectivity index (χ0v) is 16.3. The van der Waals surface area contributed by atoms with Crippen molar-refractivity contribution in [2.45, 2.75) is 45.6 Å². The molecule has 1 saturated heterocycles. The standard InChI is InChI=1S/C17H24ClN5OS/c1-3-4-5-22(25-24)13-7-17(8-13)9-21(10-17)16-15-12(2)6-14(18)23(15)20-11-19-16/h6,11,13,25H,3-5,7-10H2,1-2H3. The van der Waals surface area contributed by atoms with Crippen LogP contribution in [0.1, 0.15) is 38.2 Å². The van der Waals surface area contributed by atoms with E-state index in [1.54, 1.807) is 10.8 Å². The van der Waals surface area contributed by atoms with Crippen molar-refractivity contribution >= 4 is 34.8 Å². The highest BCUT2D eigenvalue weighted by atomic mass is 35.5. The fourth-order valence-electron chi connectivity index (χ4n) is 4.32. The molecule has 1 aliphatic carbocycles. The van der Waals surface area contributed by atoms with Crippen LogP contribution in [0.15, 0.2) is 12.4 Å². The van der Waals surface area contributed by atoms with E-state index < -0.39 is 0 Å². The Morgan fingerprint density at radius 3 is 2.88 bits per heavy atom. The van der Waals surface area contributed by atoms with Gasteiger partial charge in [-0.15, -0.1) is 0 Å². The Morgan fingerprint density at radius 2 is 2.20 bits per heavy atom. The maximum Gasteiger partial charge on any atom is 0.156 e. The first-order chi connectivity index (χ1) is 12.1. The van der Waals surface area contributed by atoms with E-state index in [4.69, 9.17) is 11.6 Å². The molecule has 0 atom stereocenters. The number of nitrogens with zero attached hydrogens (tertiary/aromatic N) is 5. The van der Waals surface area contributed by atoms with Crippen molar-refractivity contribution in [3.05, 3.63) is 23.1 Å². The smallest absolute Gasteiger partial charge is 0.156 e. The molecule has 1 aliphatic heterocycles. The first-order valence-electron chi connectivity index (χ1n) is 8.90. The van der Waals surface area contributed by atoms with Gasteiger partial charge >= 0.3 is 0 Å². The van der Waals surface area contributed by atoms with E-state index >= 15 is 0 Å². The molecule has 8 heteroatoms. The lowest BCUT2D eigenvalue weighted by Crippen LogP contribution is -2.66. The van der Waals surface area contributed by atoms with Crippen LogP contribution in [0.5, 0.6) is 0 Å². The third-order valence-electron chi connectivity index (χ3n) is 5.64. The van der Waals surface area contributed by atoms with Crippen LogP contribution in [0.3, 0.4) is 0 Å². The fraction of sp³-hybridized carbons (Fsp3) is 0.647. The predicted octanol–water partition coefficient (Wildman–Crippen LogP) is 2.62. The highest BCUT2D eigenvalue weighted by molar-refractivity contribution is 7.63. The zero-order chi connectivity index (χ0) is 17.6. The number of hydrogen-bond donors (Lipinski definition) is 1. The van der Waals surface area contributed by atoms with Gasteiger partial charge in [0.15, 0.2) is 5.82 Å². The summed E-state index contributed by atoms with van der Waals surface area (Å²) < 4.78 is 15.3. The van der Waals surface area contributed by atoms with E-state index in [2.05, 4.69) is 26.2 Å². The van der Waals surface area contributed by atoms with Crippen LogP contribution < -0.4 is 4.90 Å². The normalized spacial score (nSPS) is 19.6. The molecule has 2 aliphatic rings. The Hall–Kier alpha value is -1.18. The molecule has 0 radical (unpaired) electrons. The van der Waals surface area contributed by atoms with Crippen LogP contribution in [0.2, 0.25) is 5.15 Å². The summed E-state index contributed by atoms with van der Waals surface area (Å²) in [7, 11) is 0. The summed E-state index contributed by atoms with van der Waals surface area (Å²) in [6, 6.07) is 2.39. The summed E-state index contributed by atoms with van der Waals surface area (Å²) in [6.45, 7) is 7.16. The molecule has 2 aromatic rings. The lowest BCUT2D eigenvalue weighted by molar-refractivity contribution is 0.0159. The number of fused-ring (bicyclic) bond motifs is 1. The van der Waals surface area contributed by atoms with E-state index in [-0.39, 0.29) is 11.9 Å².